The highest BCUT2D eigenvalue weighted by molar-refractivity contribution is 9.10. The number of rotatable bonds is 1. The van der Waals surface area contributed by atoms with Crippen LogP contribution in [0.4, 0.5) is 5.82 Å². The van der Waals surface area contributed by atoms with Crippen LogP contribution < -0.4 is 4.90 Å². The maximum atomic E-state index is 9.17. The van der Waals surface area contributed by atoms with Crippen molar-refractivity contribution >= 4 is 21.7 Å². The number of pyridine rings is 1. The van der Waals surface area contributed by atoms with Crippen molar-refractivity contribution in [3.63, 3.8) is 0 Å². The van der Waals surface area contributed by atoms with E-state index in [0.717, 1.165) is 35.2 Å². The van der Waals surface area contributed by atoms with Crippen molar-refractivity contribution in [2.75, 3.05) is 18.0 Å². The number of hydrogen-bond acceptors (Lipinski definition) is 3. The van der Waals surface area contributed by atoms with Gasteiger partial charge in [0.05, 0.1) is 5.56 Å². The van der Waals surface area contributed by atoms with Crippen LogP contribution in [-0.2, 0) is 0 Å². The maximum Gasteiger partial charge on any atom is 0.146 e. The maximum absolute atomic E-state index is 9.17. The summed E-state index contributed by atoms with van der Waals surface area (Å²) >= 11 is 3.36. The molecule has 0 spiro atoms. The van der Waals surface area contributed by atoms with Crippen LogP contribution in [0.15, 0.2) is 16.7 Å². The molecule has 1 aromatic heterocycles. The largest absolute Gasteiger partial charge is 0.355 e. The fraction of sp³-hybridized carbons (Fsp3) is 0.538. The normalized spacial score (nSPS) is 26.9. The Morgan fingerprint density at radius 3 is 2.71 bits per heavy atom. The lowest BCUT2D eigenvalue weighted by molar-refractivity contribution is 0.494. The molecule has 3 rings (SSSR count). The number of anilines is 1. The molecule has 1 saturated heterocycles. The molecule has 2 unspecified atom stereocenters. The van der Waals surface area contributed by atoms with Crippen molar-refractivity contribution in [3.8, 4) is 6.07 Å². The quantitative estimate of drug-likeness (QED) is 0.799. The highest BCUT2D eigenvalue weighted by Gasteiger charge is 2.37. The lowest BCUT2D eigenvalue weighted by Crippen LogP contribution is -2.22. The van der Waals surface area contributed by atoms with Crippen LogP contribution in [0.1, 0.15) is 24.8 Å². The van der Waals surface area contributed by atoms with Crippen molar-refractivity contribution in [1.29, 1.82) is 5.26 Å². The van der Waals surface area contributed by atoms with Gasteiger partial charge in [-0.25, -0.2) is 4.98 Å². The van der Waals surface area contributed by atoms with Crippen LogP contribution >= 0.6 is 15.9 Å². The Bertz CT molecular complexity index is 468. The number of fused-ring (bicyclic) bond motifs is 1. The summed E-state index contributed by atoms with van der Waals surface area (Å²) in [6.45, 7) is 2.15. The average Bonchev–Trinajstić information content (AvgIpc) is 2.89. The topological polar surface area (TPSA) is 39.9 Å². The van der Waals surface area contributed by atoms with Gasteiger partial charge in [-0.15, -0.1) is 0 Å². The first-order valence-corrected chi connectivity index (χ1v) is 6.88. The number of aromatic nitrogens is 1. The molecule has 1 saturated carbocycles. The highest BCUT2D eigenvalue weighted by Crippen LogP contribution is 2.39. The fourth-order valence-corrected chi connectivity index (χ4v) is 3.51. The summed E-state index contributed by atoms with van der Waals surface area (Å²) in [6.07, 6.45) is 5.85. The van der Waals surface area contributed by atoms with Gasteiger partial charge in [-0.05, 0) is 46.7 Å². The molecule has 0 radical (unpaired) electrons. The minimum Gasteiger partial charge on any atom is -0.355 e. The zero-order valence-electron chi connectivity index (χ0n) is 9.56. The second kappa shape index (κ2) is 4.30. The van der Waals surface area contributed by atoms with Gasteiger partial charge in [-0.3, -0.25) is 0 Å². The summed E-state index contributed by atoms with van der Waals surface area (Å²) in [6, 6.07) is 4.10. The minimum atomic E-state index is 0.680. The van der Waals surface area contributed by atoms with E-state index < -0.39 is 0 Å². The predicted octanol–water partition coefficient (Wildman–Crippen LogP) is 2.95. The first-order valence-electron chi connectivity index (χ1n) is 6.08. The second-order valence-electron chi connectivity index (χ2n) is 4.99. The van der Waals surface area contributed by atoms with Gasteiger partial charge in [0, 0.05) is 23.8 Å². The third-order valence-electron chi connectivity index (χ3n) is 3.98. The predicted molar refractivity (Wildman–Crippen MR) is 69.7 cm³/mol. The van der Waals surface area contributed by atoms with Crippen molar-refractivity contribution in [2.45, 2.75) is 19.3 Å². The molecule has 1 aliphatic carbocycles. The Morgan fingerprint density at radius 2 is 2.06 bits per heavy atom. The van der Waals surface area contributed by atoms with Crippen LogP contribution in [0.3, 0.4) is 0 Å². The van der Waals surface area contributed by atoms with Crippen molar-refractivity contribution < 1.29 is 0 Å². The summed E-state index contributed by atoms with van der Waals surface area (Å²) in [5, 5.41) is 9.17. The molecule has 0 bridgehead atoms. The van der Waals surface area contributed by atoms with E-state index in [1.54, 1.807) is 6.20 Å². The molecule has 1 aromatic rings. The molecule has 0 aromatic carbocycles. The number of nitrogens with zero attached hydrogens (tertiary/aromatic N) is 3. The van der Waals surface area contributed by atoms with E-state index >= 15 is 0 Å². The molecule has 2 fully saturated rings. The van der Waals surface area contributed by atoms with Crippen LogP contribution in [0.5, 0.6) is 0 Å². The molecule has 3 nitrogen and oxygen atoms in total. The van der Waals surface area contributed by atoms with E-state index in [1.165, 1.54) is 19.3 Å². The molecule has 2 aliphatic rings. The zero-order chi connectivity index (χ0) is 11.8. The Balaban J connectivity index is 1.88. The van der Waals surface area contributed by atoms with E-state index in [1.807, 2.05) is 6.07 Å². The van der Waals surface area contributed by atoms with E-state index in [2.05, 4.69) is 31.9 Å². The summed E-state index contributed by atoms with van der Waals surface area (Å²) in [5.41, 5.74) is 0.680. The molecule has 4 heteroatoms. The molecule has 0 amide bonds. The number of halogens is 1. The Hall–Kier alpha value is -1.08. The zero-order valence-corrected chi connectivity index (χ0v) is 11.2. The second-order valence-corrected chi connectivity index (χ2v) is 5.91. The summed E-state index contributed by atoms with van der Waals surface area (Å²) in [4.78, 5) is 6.71. The van der Waals surface area contributed by atoms with Gasteiger partial charge in [0.2, 0.25) is 0 Å². The molecule has 2 atom stereocenters. The van der Waals surface area contributed by atoms with E-state index in [-0.39, 0.29) is 0 Å². The van der Waals surface area contributed by atoms with Crippen LogP contribution in [0.25, 0.3) is 0 Å². The molecule has 0 N–H and O–H groups in total. The van der Waals surface area contributed by atoms with Gasteiger partial charge in [-0.1, -0.05) is 6.42 Å². The highest BCUT2D eigenvalue weighted by atomic mass is 79.9. The summed E-state index contributed by atoms with van der Waals surface area (Å²) < 4.78 is 0.872. The first kappa shape index (κ1) is 11.0. The van der Waals surface area contributed by atoms with Crippen LogP contribution in [-0.4, -0.2) is 18.1 Å². The van der Waals surface area contributed by atoms with Crippen LogP contribution in [0, 0.1) is 23.2 Å². The fourth-order valence-electron chi connectivity index (χ4n) is 3.17. The Labute approximate surface area is 110 Å². The van der Waals surface area contributed by atoms with Crippen molar-refractivity contribution in [2.24, 2.45) is 11.8 Å². The number of nitriles is 1. The van der Waals surface area contributed by atoms with Crippen LogP contribution in [0.2, 0.25) is 0 Å². The smallest absolute Gasteiger partial charge is 0.146 e. The summed E-state index contributed by atoms with van der Waals surface area (Å²) in [5.74, 6) is 2.52. The van der Waals surface area contributed by atoms with E-state index in [9.17, 15) is 0 Å². The first-order chi connectivity index (χ1) is 8.28. The molecular formula is C13H14BrN3. The Kier molecular flexibility index (Phi) is 2.79. The van der Waals surface area contributed by atoms with Crippen molar-refractivity contribution in [1.82, 2.24) is 4.98 Å². The molecular weight excluding hydrogens is 278 g/mol. The lowest BCUT2D eigenvalue weighted by atomic mass is 10.0. The van der Waals surface area contributed by atoms with E-state index in [4.69, 9.17) is 5.26 Å². The summed E-state index contributed by atoms with van der Waals surface area (Å²) in [7, 11) is 0. The standard InChI is InChI=1S/C13H14BrN3/c14-12-4-11(5-15)13(16-6-12)17-7-9-2-1-3-10(9)8-17/h4,6,9-10H,1-3,7-8H2. The van der Waals surface area contributed by atoms with E-state index in [0.29, 0.717) is 5.56 Å². The van der Waals surface area contributed by atoms with Crippen molar-refractivity contribution in [3.05, 3.63) is 22.3 Å². The molecule has 88 valence electrons. The number of hydrogen-bond donors (Lipinski definition) is 0. The van der Waals surface area contributed by atoms with Gasteiger partial charge in [0.1, 0.15) is 11.9 Å². The van der Waals surface area contributed by atoms with Gasteiger partial charge < -0.3 is 4.90 Å². The molecule has 1 aliphatic heterocycles. The van der Waals surface area contributed by atoms with Gasteiger partial charge in [0.25, 0.3) is 0 Å². The molecule has 17 heavy (non-hydrogen) atoms. The third kappa shape index (κ3) is 1.93. The molecule has 2 heterocycles. The average molecular weight is 292 g/mol. The minimum absolute atomic E-state index is 0.680. The van der Waals surface area contributed by atoms with Gasteiger partial charge in [-0.2, -0.15) is 5.26 Å². The van der Waals surface area contributed by atoms with Gasteiger partial charge >= 0.3 is 0 Å². The lowest BCUT2D eigenvalue weighted by Gasteiger charge is -2.19. The van der Waals surface area contributed by atoms with Gasteiger partial charge in [0.15, 0.2) is 0 Å². The monoisotopic (exact) mass is 291 g/mol. The third-order valence-corrected chi connectivity index (χ3v) is 4.41. The SMILES string of the molecule is N#Cc1cc(Br)cnc1N1CC2CCCC2C1. The Morgan fingerprint density at radius 1 is 1.35 bits per heavy atom.